The predicted molar refractivity (Wildman–Crippen MR) is 26.7 cm³/mol. The first-order chi connectivity index (χ1) is 1.91. The second kappa shape index (κ2) is 3.61. The summed E-state index contributed by atoms with van der Waals surface area (Å²) in [6.07, 6.45) is 0. The van der Waals surface area contributed by atoms with E-state index in [1.54, 1.807) is 10.5 Å². The molecule has 0 aromatic heterocycles. The SMILES string of the molecule is [SiH2]O[SiH][SiH3]. The van der Waals surface area contributed by atoms with Crippen molar-refractivity contribution in [1.29, 1.82) is 0 Å². The minimum atomic E-state index is 0.434. The van der Waals surface area contributed by atoms with E-state index in [2.05, 4.69) is 0 Å². The van der Waals surface area contributed by atoms with Crippen molar-refractivity contribution in [3.8, 4) is 0 Å². The Morgan fingerprint density at radius 3 is 2.25 bits per heavy atom. The van der Waals surface area contributed by atoms with Gasteiger partial charge in [0.05, 0.1) is 0 Å². The smallest absolute Gasteiger partial charge is 0.157 e. The number of hydrogen-bond donors (Lipinski definition) is 0. The first-order valence-electron chi connectivity index (χ1n) is 1.10. The number of hydrogen-bond acceptors (Lipinski definition) is 1. The fourth-order valence-electron chi connectivity index (χ4n) is 0. The van der Waals surface area contributed by atoms with Gasteiger partial charge in [-0.15, -0.1) is 0 Å². The molecule has 0 atom stereocenters. The normalized spacial score (nSPS) is 8.25. The third-order valence-electron chi connectivity index (χ3n) is 0.167. The van der Waals surface area contributed by atoms with Crippen LogP contribution in [0.15, 0.2) is 0 Å². The van der Waals surface area contributed by atoms with Gasteiger partial charge in [-0.2, -0.15) is 0 Å². The Labute approximate surface area is 34.4 Å². The molecule has 24 valence electrons. The molecule has 0 bridgehead atoms. The molecule has 0 aliphatic carbocycles. The first kappa shape index (κ1) is 4.61. The minimum Gasteiger partial charge on any atom is -0.466 e. The Morgan fingerprint density at radius 1 is 2.00 bits per heavy atom. The van der Waals surface area contributed by atoms with Crippen LogP contribution in [0.3, 0.4) is 0 Å². The quantitative estimate of drug-likeness (QED) is 0.328. The highest BCUT2D eigenvalue weighted by Crippen LogP contribution is 1.36. The van der Waals surface area contributed by atoms with E-state index in [0.29, 0.717) is 9.28 Å². The average Bonchev–Trinajstić information content (AvgIpc) is 1.37. The monoisotopic (exact) mass is 106 g/mol. The Kier molecular flexibility index (Phi) is 4.16. The van der Waals surface area contributed by atoms with Crippen molar-refractivity contribution in [2.75, 3.05) is 0 Å². The molecule has 4 heavy (non-hydrogen) atoms. The molecule has 0 aliphatic rings. The Balaban J connectivity index is 1.97. The van der Waals surface area contributed by atoms with E-state index in [1.807, 2.05) is 0 Å². The van der Waals surface area contributed by atoms with Gasteiger partial charge in [0.25, 0.3) is 0 Å². The zero-order chi connectivity index (χ0) is 3.41. The van der Waals surface area contributed by atoms with Gasteiger partial charge in [0.15, 0.2) is 19.8 Å². The molecule has 0 fully saturated rings. The van der Waals surface area contributed by atoms with Crippen molar-refractivity contribution in [2.45, 2.75) is 0 Å². The Bertz CT molecular complexity index is 5.25. The summed E-state index contributed by atoms with van der Waals surface area (Å²) < 4.78 is 4.71. The molecule has 0 heterocycles. The van der Waals surface area contributed by atoms with Gasteiger partial charge in [0.2, 0.25) is 0 Å². The standard InChI is InChI=1S/H6OSi3/c2-1-4-3/h4H,2H2,3H3. The van der Waals surface area contributed by atoms with Gasteiger partial charge in [0.1, 0.15) is 0 Å². The Morgan fingerprint density at radius 2 is 2.25 bits per heavy atom. The highest BCUT2D eigenvalue weighted by atomic mass is 29.1. The predicted octanol–water partition coefficient (Wildman–Crippen LogP) is -2.82. The van der Waals surface area contributed by atoms with Crippen molar-refractivity contribution in [1.82, 2.24) is 0 Å². The van der Waals surface area contributed by atoms with E-state index in [-0.39, 0.29) is 0 Å². The van der Waals surface area contributed by atoms with Gasteiger partial charge in [0, 0.05) is 9.76 Å². The highest BCUT2D eigenvalue weighted by Gasteiger charge is 1.56. The molecular formula is H6OSi3. The fraction of sp³-hybridized carbons (Fsp3) is 0. The molecule has 0 unspecified atom stereocenters. The van der Waals surface area contributed by atoms with E-state index >= 15 is 0 Å². The second-order valence-corrected chi connectivity index (χ2v) is 3.62. The highest BCUT2D eigenvalue weighted by molar-refractivity contribution is 6.86. The van der Waals surface area contributed by atoms with Gasteiger partial charge in [-0.1, -0.05) is 0 Å². The largest absolute Gasteiger partial charge is 0.466 e. The van der Waals surface area contributed by atoms with Crippen LogP contribution in [0.25, 0.3) is 0 Å². The summed E-state index contributed by atoms with van der Waals surface area (Å²) >= 11 is 0. The van der Waals surface area contributed by atoms with Gasteiger partial charge < -0.3 is 4.12 Å². The van der Waals surface area contributed by atoms with Crippen molar-refractivity contribution in [3.05, 3.63) is 0 Å². The molecule has 0 amide bonds. The summed E-state index contributed by atoms with van der Waals surface area (Å²) in [5, 5.41) is 0. The van der Waals surface area contributed by atoms with E-state index in [4.69, 9.17) is 4.12 Å². The lowest BCUT2D eigenvalue weighted by molar-refractivity contribution is 0.683. The maximum atomic E-state index is 4.71. The lowest BCUT2D eigenvalue weighted by Crippen LogP contribution is -1.90. The molecule has 0 N–H and O–H groups in total. The summed E-state index contributed by atoms with van der Waals surface area (Å²) in [5.41, 5.74) is 0. The molecule has 1 nitrogen and oxygen atoms in total. The molecule has 4 heteroatoms. The van der Waals surface area contributed by atoms with Crippen LogP contribution < -0.4 is 0 Å². The molecule has 0 aliphatic heterocycles. The van der Waals surface area contributed by atoms with E-state index in [1.165, 1.54) is 9.76 Å². The van der Waals surface area contributed by atoms with Crippen LogP contribution in [-0.4, -0.2) is 29.5 Å². The van der Waals surface area contributed by atoms with Crippen LogP contribution in [0.4, 0.5) is 0 Å². The molecule has 0 spiro atoms. The maximum absolute atomic E-state index is 4.71. The minimum absolute atomic E-state index is 0.434. The lowest BCUT2D eigenvalue weighted by Gasteiger charge is -1.74. The first-order valence-corrected chi connectivity index (χ1v) is 6.77. The summed E-state index contributed by atoms with van der Waals surface area (Å²) in [5.74, 6) is 0. The third kappa shape index (κ3) is 2.61. The summed E-state index contributed by atoms with van der Waals surface area (Å²) in [6.45, 7) is 0. The molecular weight excluding hydrogens is 100 g/mol. The molecule has 0 rings (SSSR count). The fourth-order valence-corrected chi connectivity index (χ4v) is 0. The van der Waals surface area contributed by atoms with Crippen molar-refractivity contribution < 1.29 is 4.12 Å². The van der Waals surface area contributed by atoms with Crippen molar-refractivity contribution in [3.63, 3.8) is 0 Å². The maximum Gasteiger partial charge on any atom is 0.157 e. The molecule has 0 saturated heterocycles. The summed E-state index contributed by atoms with van der Waals surface area (Å²) in [7, 11) is 3.29. The number of rotatable bonds is 1. The molecule has 0 aromatic rings. The van der Waals surface area contributed by atoms with Gasteiger partial charge in [-0.05, 0) is 0 Å². The summed E-state index contributed by atoms with van der Waals surface area (Å²) in [6, 6.07) is 0. The third-order valence-corrected chi connectivity index (χ3v) is 4.50. The average molecular weight is 106 g/mol. The van der Waals surface area contributed by atoms with Crippen LogP contribution >= 0.6 is 0 Å². The molecule has 0 saturated carbocycles. The van der Waals surface area contributed by atoms with Gasteiger partial charge >= 0.3 is 0 Å². The topological polar surface area (TPSA) is 9.23 Å². The van der Waals surface area contributed by atoms with Crippen molar-refractivity contribution >= 4 is 29.5 Å². The molecule has 0 aromatic carbocycles. The van der Waals surface area contributed by atoms with Crippen molar-refractivity contribution in [2.24, 2.45) is 0 Å². The van der Waals surface area contributed by atoms with Crippen LogP contribution in [0.1, 0.15) is 0 Å². The van der Waals surface area contributed by atoms with Crippen LogP contribution in [-0.2, 0) is 4.12 Å². The van der Waals surface area contributed by atoms with Gasteiger partial charge in [-0.3, -0.25) is 0 Å². The Hall–Kier alpha value is 0.611. The summed E-state index contributed by atoms with van der Waals surface area (Å²) in [4.78, 5) is 0. The molecule has 2 radical (unpaired) electrons. The zero-order valence-corrected chi connectivity index (χ0v) is 7.26. The second-order valence-electron chi connectivity index (χ2n) is 0.402. The van der Waals surface area contributed by atoms with Crippen LogP contribution in [0.5, 0.6) is 0 Å². The van der Waals surface area contributed by atoms with Crippen LogP contribution in [0.2, 0.25) is 0 Å². The van der Waals surface area contributed by atoms with E-state index < -0.39 is 0 Å². The van der Waals surface area contributed by atoms with Gasteiger partial charge in [-0.25, -0.2) is 0 Å². The zero-order valence-electron chi connectivity index (χ0n) is 2.69. The van der Waals surface area contributed by atoms with Crippen LogP contribution in [0, 0.1) is 0 Å². The lowest BCUT2D eigenvalue weighted by atomic mass is 15.8. The van der Waals surface area contributed by atoms with E-state index in [0.717, 1.165) is 0 Å². The van der Waals surface area contributed by atoms with E-state index in [9.17, 15) is 0 Å².